The fraction of sp³-hybridized carbons (Fsp3) is 0.389. The van der Waals surface area contributed by atoms with Gasteiger partial charge in [0.2, 0.25) is 10.0 Å². The lowest BCUT2D eigenvalue weighted by Gasteiger charge is -2.17. The van der Waals surface area contributed by atoms with Crippen LogP contribution in [0.1, 0.15) is 43.4 Å². The molecule has 5 nitrogen and oxygen atoms in total. The predicted molar refractivity (Wildman–Crippen MR) is 94.7 cm³/mol. The third-order valence-electron chi connectivity index (χ3n) is 3.73. The Morgan fingerprint density at radius 3 is 2.46 bits per heavy atom. The Morgan fingerprint density at radius 2 is 1.88 bits per heavy atom. The Hall–Kier alpha value is -1.92. The first-order valence-corrected chi connectivity index (χ1v) is 9.49. The van der Waals surface area contributed by atoms with Gasteiger partial charge in [-0.15, -0.1) is 0 Å². The van der Waals surface area contributed by atoms with Crippen LogP contribution in [0.25, 0.3) is 0 Å². The third-order valence-corrected chi connectivity index (χ3v) is 5.28. The second-order valence-corrected chi connectivity index (χ2v) is 7.66. The van der Waals surface area contributed by atoms with E-state index in [4.69, 9.17) is 4.74 Å². The molecule has 0 amide bonds. The molecule has 0 saturated heterocycles. The maximum atomic E-state index is 12.7. The van der Waals surface area contributed by atoms with Crippen LogP contribution in [0.5, 0.6) is 5.75 Å². The van der Waals surface area contributed by atoms with Crippen LogP contribution in [0.2, 0.25) is 0 Å². The number of pyridine rings is 1. The van der Waals surface area contributed by atoms with Gasteiger partial charge < -0.3 is 4.74 Å². The lowest BCUT2D eigenvalue weighted by Crippen LogP contribution is -2.24. The van der Waals surface area contributed by atoms with Gasteiger partial charge in [0.25, 0.3) is 0 Å². The van der Waals surface area contributed by atoms with Gasteiger partial charge in [0.05, 0.1) is 11.5 Å². The number of ether oxygens (including phenoxy) is 1. The zero-order valence-corrected chi connectivity index (χ0v) is 15.4. The minimum absolute atomic E-state index is 0.168. The van der Waals surface area contributed by atoms with E-state index in [0.717, 1.165) is 16.9 Å². The molecule has 0 radical (unpaired) electrons. The van der Waals surface area contributed by atoms with E-state index in [1.54, 1.807) is 43.6 Å². The van der Waals surface area contributed by atoms with Gasteiger partial charge in [-0.25, -0.2) is 13.1 Å². The first-order chi connectivity index (χ1) is 11.3. The summed E-state index contributed by atoms with van der Waals surface area (Å²) >= 11 is 0. The smallest absolute Gasteiger partial charge is 0.241 e. The van der Waals surface area contributed by atoms with Crippen LogP contribution < -0.4 is 9.46 Å². The summed E-state index contributed by atoms with van der Waals surface area (Å²) in [4.78, 5) is 4.22. The molecule has 1 heterocycles. The normalized spacial score (nSPS) is 11.7. The highest BCUT2D eigenvalue weighted by Crippen LogP contribution is 2.31. The Kier molecular flexibility index (Phi) is 5.96. The van der Waals surface area contributed by atoms with Crippen molar-refractivity contribution in [1.29, 1.82) is 0 Å². The summed E-state index contributed by atoms with van der Waals surface area (Å²) in [6, 6.07) is 7.10. The fourth-order valence-corrected chi connectivity index (χ4v) is 3.73. The summed E-state index contributed by atoms with van der Waals surface area (Å²) in [5, 5.41) is 0. The summed E-state index contributed by atoms with van der Waals surface area (Å²) in [6.45, 7) is 8.52. The van der Waals surface area contributed by atoms with Crippen LogP contribution in [0.3, 0.4) is 0 Å². The predicted octanol–water partition coefficient (Wildman–Crippen LogP) is 3.39. The van der Waals surface area contributed by atoms with Gasteiger partial charge >= 0.3 is 0 Å². The number of benzene rings is 1. The van der Waals surface area contributed by atoms with E-state index in [1.165, 1.54) is 0 Å². The second-order valence-electron chi connectivity index (χ2n) is 5.92. The maximum Gasteiger partial charge on any atom is 0.241 e. The molecule has 1 aromatic carbocycles. The lowest BCUT2D eigenvalue weighted by atomic mass is 10.0. The van der Waals surface area contributed by atoms with Crippen molar-refractivity contribution in [2.45, 2.75) is 45.1 Å². The van der Waals surface area contributed by atoms with Crippen molar-refractivity contribution in [2.75, 3.05) is 6.61 Å². The van der Waals surface area contributed by atoms with E-state index in [1.807, 2.05) is 20.8 Å². The number of sulfonamides is 1. The zero-order chi connectivity index (χ0) is 17.7. The molecule has 2 aromatic rings. The Balaban J connectivity index is 2.33. The Morgan fingerprint density at radius 1 is 1.21 bits per heavy atom. The van der Waals surface area contributed by atoms with Crippen molar-refractivity contribution in [3.8, 4) is 5.75 Å². The molecule has 0 aliphatic carbocycles. The molecule has 0 fully saturated rings. The van der Waals surface area contributed by atoms with Gasteiger partial charge in [-0.2, -0.15) is 0 Å². The molecule has 24 heavy (non-hydrogen) atoms. The van der Waals surface area contributed by atoms with E-state index in [0.29, 0.717) is 17.1 Å². The number of rotatable bonds is 7. The van der Waals surface area contributed by atoms with Crippen LogP contribution in [0.4, 0.5) is 0 Å². The number of hydrogen-bond donors (Lipinski definition) is 1. The summed E-state index contributed by atoms with van der Waals surface area (Å²) in [6.07, 6.45) is 3.28. The van der Waals surface area contributed by atoms with Crippen LogP contribution in [-0.2, 0) is 16.6 Å². The van der Waals surface area contributed by atoms with Crippen LogP contribution >= 0.6 is 0 Å². The molecule has 0 aliphatic heterocycles. The summed E-state index contributed by atoms with van der Waals surface area (Å²) in [5.41, 5.74) is 2.43. The van der Waals surface area contributed by atoms with E-state index in [9.17, 15) is 8.42 Å². The first-order valence-electron chi connectivity index (χ1n) is 8.01. The molecule has 2 rings (SSSR count). The zero-order valence-electron chi connectivity index (χ0n) is 14.5. The van der Waals surface area contributed by atoms with Crippen molar-refractivity contribution in [1.82, 2.24) is 9.71 Å². The fourth-order valence-electron chi connectivity index (χ4n) is 2.46. The van der Waals surface area contributed by atoms with Gasteiger partial charge in [0, 0.05) is 18.9 Å². The highest BCUT2D eigenvalue weighted by molar-refractivity contribution is 7.89. The maximum absolute atomic E-state index is 12.7. The molecule has 0 spiro atoms. The second kappa shape index (κ2) is 7.77. The molecular formula is C18H24N2O3S. The molecule has 1 N–H and O–H groups in total. The van der Waals surface area contributed by atoms with Crippen molar-refractivity contribution < 1.29 is 13.2 Å². The van der Waals surface area contributed by atoms with Gasteiger partial charge in [-0.3, -0.25) is 4.98 Å². The Labute approximate surface area is 144 Å². The molecule has 130 valence electrons. The molecule has 0 bridgehead atoms. The highest BCUT2D eigenvalue weighted by atomic mass is 32.2. The molecule has 0 atom stereocenters. The van der Waals surface area contributed by atoms with Gasteiger partial charge in [-0.05, 0) is 60.7 Å². The number of hydrogen-bond acceptors (Lipinski definition) is 4. The topological polar surface area (TPSA) is 68.3 Å². The van der Waals surface area contributed by atoms with E-state index < -0.39 is 10.0 Å². The SMILES string of the molecule is CCOc1cc(C)c(S(=O)(=O)NCc2ccncc2)cc1C(C)C. The quantitative estimate of drug-likeness (QED) is 0.833. The number of nitrogens with one attached hydrogen (secondary N) is 1. The molecule has 1 aromatic heterocycles. The van der Waals surface area contributed by atoms with E-state index in [2.05, 4.69) is 9.71 Å². The third kappa shape index (κ3) is 4.33. The van der Waals surface area contributed by atoms with Crippen LogP contribution in [0, 0.1) is 6.92 Å². The van der Waals surface area contributed by atoms with Crippen molar-refractivity contribution >= 4 is 10.0 Å². The standard InChI is InChI=1S/C18H24N2O3S/c1-5-23-17-10-14(4)18(11-16(17)13(2)3)24(21,22)20-12-15-6-8-19-9-7-15/h6-11,13,20H,5,12H2,1-4H3. The van der Waals surface area contributed by atoms with E-state index in [-0.39, 0.29) is 12.5 Å². The highest BCUT2D eigenvalue weighted by Gasteiger charge is 2.20. The number of aryl methyl sites for hydroxylation is 1. The summed E-state index contributed by atoms with van der Waals surface area (Å²) < 4.78 is 33.7. The number of nitrogens with zero attached hydrogens (tertiary/aromatic N) is 1. The summed E-state index contributed by atoms with van der Waals surface area (Å²) in [7, 11) is -3.60. The Bertz CT molecular complexity index is 787. The first kappa shape index (κ1) is 18.4. The van der Waals surface area contributed by atoms with Gasteiger partial charge in [0.15, 0.2) is 0 Å². The summed E-state index contributed by atoms with van der Waals surface area (Å²) in [5.74, 6) is 0.916. The van der Waals surface area contributed by atoms with Crippen LogP contribution in [-0.4, -0.2) is 20.0 Å². The lowest BCUT2D eigenvalue weighted by molar-refractivity contribution is 0.334. The van der Waals surface area contributed by atoms with E-state index >= 15 is 0 Å². The van der Waals surface area contributed by atoms with Crippen molar-refractivity contribution in [3.63, 3.8) is 0 Å². The van der Waals surface area contributed by atoms with Crippen molar-refractivity contribution in [3.05, 3.63) is 53.3 Å². The molecule has 0 unspecified atom stereocenters. The molecular weight excluding hydrogens is 324 g/mol. The molecule has 0 saturated carbocycles. The average molecular weight is 348 g/mol. The van der Waals surface area contributed by atoms with Gasteiger partial charge in [-0.1, -0.05) is 13.8 Å². The monoisotopic (exact) mass is 348 g/mol. The molecule has 6 heteroatoms. The molecule has 0 aliphatic rings. The number of aromatic nitrogens is 1. The van der Waals surface area contributed by atoms with Crippen LogP contribution in [0.15, 0.2) is 41.6 Å². The average Bonchev–Trinajstić information content (AvgIpc) is 2.54. The van der Waals surface area contributed by atoms with Crippen molar-refractivity contribution in [2.24, 2.45) is 0 Å². The minimum Gasteiger partial charge on any atom is -0.494 e. The van der Waals surface area contributed by atoms with Gasteiger partial charge in [0.1, 0.15) is 5.75 Å². The largest absolute Gasteiger partial charge is 0.494 e. The minimum atomic E-state index is -3.60.